The van der Waals surface area contributed by atoms with Gasteiger partial charge in [0, 0.05) is 16.6 Å². The van der Waals surface area contributed by atoms with E-state index in [1.54, 1.807) is 12.1 Å². The molecule has 0 unspecified atom stereocenters. The maximum absolute atomic E-state index is 12.8. The summed E-state index contributed by atoms with van der Waals surface area (Å²) >= 11 is 12.0. The third kappa shape index (κ3) is 4.44. The predicted molar refractivity (Wildman–Crippen MR) is 108 cm³/mol. The Kier molecular flexibility index (Phi) is 6.50. The fourth-order valence-corrected chi connectivity index (χ4v) is 4.50. The third-order valence-electron chi connectivity index (χ3n) is 5.82. The van der Waals surface area contributed by atoms with Gasteiger partial charge in [-0.3, -0.25) is 14.5 Å². The quantitative estimate of drug-likeness (QED) is 0.683. The van der Waals surface area contributed by atoms with Gasteiger partial charge in [-0.25, -0.2) is 4.79 Å². The molecule has 1 aliphatic heterocycles. The fraction of sp³-hybridized carbons (Fsp3) is 0.550. The molecule has 1 aliphatic carbocycles. The number of halogens is 2. The van der Waals surface area contributed by atoms with Crippen LogP contribution in [0.2, 0.25) is 10.0 Å². The Bertz CT molecular complexity index is 776. The number of amides is 4. The highest BCUT2D eigenvalue weighted by atomic mass is 35.5. The molecule has 3 rings (SSSR count). The van der Waals surface area contributed by atoms with Crippen LogP contribution >= 0.6 is 23.2 Å². The largest absolute Gasteiger partial charge is 0.354 e. The van der Waals surface area contributed by atoms with Crippen molar-refractivity contribution in [3.8, 4) is 0 Å². The van der Waals surface area contributed by atoms with Crippen molar-refractivity contribution in [3.63, 3.8) is 0 Å². The summed E-state index contributed by atoms with van der Waals surface area (Å²) in [6.45, 7) is 2.23. The lowest BCUT2D eigenvalue weighted by molar-refractivity contribution is -0.136. The summed E-state index contributed by atoms with van der Waals surface area (Å²) in [5, 5.41) is 6.68. The molecule has 28 heavy (non-hydrogen) atoms. The second-order valence-corrected chi connectivity index (χ2v) is 8.43. The molecule has 2 fully saturated rings. The summed E-state index contributed by atoms with van der Waals surface area (Å²) in [7, 11) is 0. The molecule has 2 N–H and O–H groups in total. The number of carbonyl (C=O) groups is 3. The van der Waals surface area contributed by atoms with Gasteiger partial charge >= 0.3 is 6.03 Å². The highest BCUT2D eigenvalue weighted by molar-refractivity contribution is 6.35. The van der Waals surface area contributed by atoms with Gasteiger partial charge in [0.2, 0.25) is 5.91 Å². The molecule has 1 saturated heterocycles. The minimum Gasteiger partial charge on any atom is -0.354 e. The number of rotatable bonds is 6. The number of urea groups is 1. The Balaban J connectivity index is 1.51. The van der Waals surface area contributed by atoms with Gasteiger partial charge in [0.05, 0.1) is 0 Å². The van der Waals surface area contributed by atoms with Crippen molar-refractivity contribution < 1.29 is 14.4 Å². The van der Waals surface area contributed by atoms with E-state index in [1.807, 2.05) is 6.07 Å². The Morgan fingerprint density at radius 2 is 2.00 bits per heavy atom. The molecule has 1 aromatic carbocycles. The summed E-state index contributed by atoms with van der Waals surface area (Å²) in [5.41, 5.74) is 0.0489. The van der Waals surface area contributed by atoms with Crippen LogP contribution in [0.25, 0.3) is 0 Å². The highest BCUT2D eigenvalue weighted by Gasteiger charge is 2.52. The van der Waals surface area contributed by atoms with E-state index >= 15 is 0 Å². The van der Waals surface area contributed by atoms with Gasteiger partial charge in [-0.2, -0.15) is 0 Å². The first-order chi connectivity index (χ1) is 13.3. The number of hydrogen-bond donors (Lipinski definition) is 2. The lowest BCUT2D eigenvalue weighted by Crippen LogP contribution is -2.50. The Labute approximate surface area is 174 Å². The van der Waals surface area contributed by atoms with Gasteiger partial charge in [-0.1, -0.05) is 42.6 Å². The first-order valence-electron chi connectivity index (χ1n) is 9.69. The first kappa shape index (κ1) is 20.9. The van der Waals surface area contributed by atoms with Crippen LogP contribution in [-0.4, -0.2) is 41.4 Å². The number of nitrogens with zero attached hydrogens (tertiary/aromatic N) is 1. The number of benzene rings is 1. The summed E-state index contributed by atoms with van der Waals surface area (Å²) in [6, 6.07) is 4.73. The zero-order valence-corrected chi connectivity index (χ0v) is 17.4. The predicted octanol–water partition coefficient (Wildman–Crippen LogP) is 3.54. The average molecular weight is 426 g/mol. The van der Waals surface area contributed by atoms with E-state index in [9.17, 15) is 14.4 Å². The summed E-state index contributed by atoms with van der Waals surface area (Å²) in [5.74, 6) is -0.0387. The molecular weight excluding hydrogens is 401 g/mol. The zero-order chi connectivity index (χ0) is 20.3. The average Bonchev–Trinajstić information content (AvgIpc) is 2.88. The molecule has 4 amide bonds. The van der Waals surface area contributed by atoms with Crippen molar-refractivity contribution in [2.45, 2.75) is 51.0 Å². The van der Waals surface area contributed by atoms with Crippen molar-refractivity contribution in [1.82, 2.24) is 15.5 Å². The van der Waals surface area contributed by atoms with Crippen LogP contribution < -0.4 is 10.6 Å². The summed E-state index contributed by atoms with van der Waals surface area (Å²) < 4.78 is 0. The molecule has 0 radical (unpaired) electrons. The van der Waals surface area contributed by atoms with Crippen LogP contribution in [0, 0.1) is 5.92 Å². The van der Waals surface area contributed by atoms with Crippen LogP contribution in [0.5, 0.6) is 0 Å². The van der Waals surface area contributed by atoms with E-state index in [2.05, 4.69) is 17.6 Å². The van der Waals surface area contributed by atoms with Crippen molar-refractivity contribution in [1.29, 1.82) is 0 Å². The molecule has 1 saturated carbocycles. The van der Waals surface area contributed by atoms with E-state index in [4.69, 9.17) is 23.2 Å². The maximum atomic E-state index is 12.8. The molecule has 1 heterocycles. The standard InChI is InChI=1S/C20H25Cl2N3O3/c1-2-13-5-8-20(9-6-13)18(27)25(19(28)24-20)12-17(26)23-10-7-14-3-4-15(21)11-16(14)22/h3-4,11,13H,2,5-10,12H2,1H3,(H,23,26)(H,24,28). The van der Waals surface area contributed by atoms with Crippen molar-refractivity contribution in [2.75, 3.05) is 13.1 Å². The van der Waals surface area contributed by atoms with Crippen molar-refractivity contribution in [2.24, 2.45) is 5.92 Å². The molecule has 152 valence electrons. The van der Waals surface area contributed by atoms with E-state index < -0.39 is 11.6 Å². The molecule has 0 bridgehead atoms. The third-order valence-corrected chi connectivity index (χ3v) is 6.40. The molecule has 2 aliphatic rings. The van der Waals surface area contributed by atoms with Crippen LogP contribution in [0.15, 0.2) is 18.2 Å². The van der Waals surface area contributed by atoms with Crippen LogP contribution in [0.4, 0.5) is 4.79 Å². The maximum Gasteiger partial charge on any atom is 0.325 e. The normalized spacial score (nSPS) is 24.5. The van der Waals surface area contributed by atoms with Gasteiger partial charge in [-0.15, -0.1) is 0 Å². The minimum atomic E-state index is -0.820. The Hall–Kier alpha value is -1.79. The molecule has 1 spiro atoms. The Morgan fingerprint density at radius 1 is 1.29 bits per heavy atom. The molecule has 8 heteroatoms. The van der Waals surface area contributed by atoms with Crippen LogP contribution in [-0.2, 0) is 16.0 Å². The Morgan fingerprint density at radius 3 is 2.64 bits per heavy atom. The molecule has 0 atom stereocenters. The fourth-order valence-electron chi connectivity index (χ4n) is 4.00. The highest BCUT2D eigenvalue weighted by Crippen LogP contribution is 2.37. The molecule has 0 aromatic heterocycles. The molecule has 1 aromatic rings. The lowest BCUT2D eigenvalue weighted by Gasteiger charge is -2.34. The first-order valence-corrected chi connectivity index (χ1v) is 10.4. The minimum absolute atomic E-state index is 0.266. The smallest absolute Gasteiger partial charge is 0.325 e. The van der Waals surface area contributed by atoms with Gasteiger partial charge in [0.25, 0.3) is 5.91 Å². The van der Waals surface area contributed by atoms with Gasteiger partial charge < -0.3 is 10.6 Å². The van der Waals surface area contributed by atoms with E-state index in [-0.39, 0.29) is 18.4 Å². The second kappa shape index (κ2) is 8.70. The second-order valence-electron chi connectivity index (χ2n) is 7.59. The van der Waals surface area contributed by atoms with Crippen molar-refractivity contribution >= 4 is 41.0 Å². The topological polar surface area (TPSA) is 78.5 Å². The number of carbonyl (C=O) groups excluding carboxylic acids is 3. The summed E-state index contributed by atoms with van der Waals surface area (Å²) in [4.78, 5) is 38.4. The monoisotopic (exact) mass is 425 g/mol. The number of imide groups is 1. The molecule has 6 nitrogen and oxygen atoms in total. The van der Waals surface area contributed by atoms with Crippen LogP contribution in [0.3, 0.4) is 0 Å². The van der Waals surface area contributed by atoms with Gasteiger partial charge in [-0.05, 0) is 55.7 Å². The SMILES string of the molecule is CCC1CCC2(CC1)NC(=O)N(CC(=O)NCCc1ccc(Cl)cc1Cl)C2=O. The van der Waals surface area contributed by atoms with E-state index in [1.165, 1.54) is 0 Å². The van der Waals surface area contributed by atoms with E-state index in [0.29, 0.717) is 41.8 Å². The summed E-state index contributed by atoms with van der Waals surface area (Å²) in [6.07, 6.45) is 4.74. The van der Waals surface area contributed by atoms with Crippen LogP contribution in [0.1, 0.15) is 44.6 Å². The van der Waals surface area contributed by atoms with Crippen molar-refractivity contribution in [3.05, 3.63) is 33.8 Å². The van der Waals surface area contributed by atoms with Gasteiger partial charge in [0.15, 0.2) is 0 Å². The lowest BCUT2D eigenvalue weighted by atomic mass is 9.75. The van der Waals surface area contributed by atoms with E-state index in [0.717, 1.165) is 29.7 Å². The zero-order valence-electron chi connectivity index (χ0n) is 15.9. The molecular formula is C20H25Cl2N3O3. The number of hydrogen-bond acceptors (Lipinski definition) is 3. The van der Waals surface area contributed by atoms with Gasteiger partial charge in [0.1, 0.15) is 12.1 Å². The number of nitrogens with one attached hydrogen (secondary N) is 2.